The molecule has 1 fully saturated rings. The van der Waals surface area contributed by atoms with Crippen LogP contribution in [0.1, 0.15) is 23.2 Å². The van der Waals surface area contributed by atoms with Crippen molar-refractivity contribution in [1.82, 2.24) is 19.6 Å². The number of benzene rings is 2. The van der Waals surface area contributed by atoms with Crippen molar-refractivity contribution in [1.29, 1.82) is 0 Å². The Hall–Kier alpha value is -3.16. The second-order valence-electron chi connectivity index (χ2n) is 7.61. The molecule has 0 radical (unpaired) electrons. The number of hydrogen-bond donors (Lipinski definition) is 0. The van der Waals surface area contributed by atoms with Crippen LogP contribution in [0.25, 0.3) is 0 Å². The lowest BCUT2D eigenvalue weighted by molar-refractivity contribution is -0.148. The van der Waals surface area contributed by atoms with E-state index in [0.29, 0.717) is 36.8 Å². The molecule has 2 atom stereocenters. The number of rotatable bonds is 6. The van der Waals surface area contributed by atoms with Gasteiger partial charge in [-0.1, -0.05) is 60.1 Å². The van der Waals surface area contributed by atoms with E-state index in [1.807, 2.05) is 64.4 Å². The van der Waals surface area contributed by atoms with Crippen molar-refractivity contribution in [2.45, 2.75) is 12.1 Å². The minimum atomic E-state index is -0.609. The van der Waals surface area contributed by atoms with Gasteiger partial charge in [0.05, 0.1) is 7.11 Å². The average Bonchev–Trinajstić information content (AvgIpc) is 3.36. The van der Waals surface area contributed by atoms with Gasteiger partial charge < -0.3 is 9.64 Å². The Morgan fingerprint density at radius 2 is 1.62 bits per heavy atom. The molecule has 0 N–H and O–H groups in total. The summed E-state index contributed by atoms with van der Waals surface area (Å²) in [6.07, 6.45) is 3.47. The zero-order chi connectivity index (χ0) is 22.5. The van der Waals surface area contributed by atoms with Crippen molar-refractivity contribution in [2.75, 3.05) is 33.3 Å². The van der Waals surface area contributed by atoms with E-state index in [9.17, 15) is 9.59 Å². The van der Waals surface area contributed by atoms with E-state index in [1.54, 1.807) is 23.1 Å². The largest absolute Gasteiger partial charge is 0.468 e. The van der Waals surface area contributed by atoms with Gasteiger partial charge in [-0.25, -0.2) is 4.79 Å². The molecular weight excluding hydrogens is 428 g/mol. The van der Waals surface area contributed by atoms with Gasteiger partial charge in [0.1, 0.15) is 6.04 Å². The zero-order valence-electron chi connectivity index (χ0n) is 17.8. The lowest BCUT2D eigenvalue weighted by atomic mass is 10.0. The third-order valence-corrected chi connectivity index (χ3v) is 6.10. The third kappa shape index (κ3) is 4.54. The fraction of sp³-hybridized carbons (Fsp3) is 0.292. The number of esters is 1. The zero-order valence-corrected chi connectivity index (χ0v) is 18.6. The maximum absolute atomic E-state index is 13.5. The molecule has 7 nitrogen and oxygen atoms in total. The van der Waals surface area contributed by atoms with Crippen molar-refractivity contribution in [3.63, 3.8) is 0 Å². The molecule has 0 bridgehead atoms. The molecule has 32 heavy (non-hydrogen) atoms. The maximum Gasteiger partial charge on any atom is 0.327 e. The molecule has 0 spiro atoms. The molecule has 2 unspecified atom stereocenters. The van der Waals surface area contributed by atoms with E-state index in [0.717, 1.165) is 5.56 Å². The fourth-order valence-corrected chi connectivity index (χ4v) is 4.37. The van der Waals surface area contributed by atoms with Crippen LogP contribution in [0.3, 0.4) is 0 Å². The number of methoxy groups -OCH3 is 1. The van der Waals surface area contributed by atoms with Crippen LogP contribution in [0.2, 0.25) is 5.02 Å². The van der Waals surface area contributed by atoms with E-state index in [2.05, 4.69) is 5.10 Å². The van der Waals surface area contributed by atoms with E-state index < -0.39 is 12.1 Å². The van der Waals surface area contributed by atoms with Gasteiger partial charge in [0.25, 0.3) is 5.91 Å². The summed E-state index contributed by atoms with van der Waals surface area (Å²) in [6.45, 7) is 2.03. The van der Waals surface area contributed by atoms with Crippen LogP contribution in [-0.4, -0.2) is 64.7 Å². The number of hydrogen-bond acceptors (Lipinski definition) is 5. The Kier molecular flexibility index (Phi) is 6.87. The minimum absolute atomic E-state index is 0.0214. The van der Waals surface area contributed by atoms with E-state index in [1.165, 1.54) is 7.11 Å². The first-order valence-corrected chi connectivity index (χ1v) is 10.9. The van der Waals surface area contributed by atoms with Crippen molar-refractivity contribution in [2.24, 2.45) is 0 Å². The van der Waals surface area contributed by atoms with Crippen molar-refractivity contribution >= 4 is 23.5 Å². The van der Waals surface area contributed by atoms with Crippen LogP contribution >= 0.6 is 11.6 Å². The molecule has 0 saturated carbocycles. The minimum Gasteiger partial charge on any atom is -0.468 e. The maximum atomic E-state index is 13.5. The first-order chi connectivity index (χ1) is 15.6. The number of aromatic nitrogens is 2. The highest BCUT2D eigenvalue weighted by molar-refractivity contribution is 6.31. The molecule has 166 valence electrons. The standard InChI is InChI=1S/C24H25ClN4O3/c1-32-24(31)22(19-10-5-6-11-20(19)25)27-14-16-28(17-15-27)23(30)21(29-13-7-12-26-29)18-8-3-2-4-9-18/h2-13,21-22H,14-17H2,1H3. The van der Waals surface area contributed by atoms with Gasteiger partial charge in [-0.3, -0.25) is 14.4 Å². The normalized spacial score (nSPS) is 16.4. The highest BCUT2D eigenvalue weighted by Crippen LogP contribution is 2.30. The van der Waals surface area contributed by atoms with Crippen LogP contribution in [-0.2, 0) is 14.3 Å². The molecule has 0 aliphatic carbocycles. The Bertz CT molecular complexity index is 1050. The lowest BCUT2D eigenvalue weighted by Gasteiger charge is -2.39. The molecule has 4 rings (SSSR count). The summed E-state index contributed by atoms with van der Waals surface area (Å²) in [5, 5.41) is 4.84. The topological polar surface area (TPSA) is 67.7 Å². The van der Waals surface area contributed by atoms with Gasteiger partial charge in [-0.05, 0) is 23.3 Å². The van der Waals surface area contributed by atoms with Gasteiger partial charge in [0, 0.05) is 43.6 Å². The predicted molar refractivity (Wildman–Crippen MR) is 121 cm³/mol. The summed E-state index contributed by atoms with van der Waals surface area (Å²) >= 11 is 6.38. The summed E-state index contributed by atoms with van der Waals surface area (Å²) in [6, 6.07) is 17.6. The second-order valence-corrected chi connectivity index (χ2v) is 8.01. The summed E-state index contributed by atoms with van der Waals surface area (Å²) in [7, 11) is 1.38. The monoisotopic (exact) mass is 452 g/mol. The number of carbonyl (C=O) groups is 2. The average molecular weight is 453 g/mol. The highest BCUT2D eigenvalue weighted by atomic mass is 35.5. The number of piperazine rings is 1. The van der Waals surface area contributed by atoms with Crippen LogP contribution < -0.4 is 0 Å². The highest BCUT2D eigenvalue weighted by Gasteiger charge is 2.35. The van der Waals surface area contributed by atoms with Gasteiger partial charge >= 0.3 is 5.97 Å². The molecule has 1 amide bonds. The molecule has 1 aliphatic heterocycles. The molecule has 1 aliphatic rings. The van der Waals surface area contributed by atoms with Crippen molar-refractivity contribution in [3.8, 4) is 0 Å². The van der Waals surface area contributed by atoms with Crippen molar-refractivity contribution in [3.05, 3.63) is 89.2 Å². The summed E-state index contributed by atoms with van der Waals surface area (Å²) < 4.78 is 6.75. The van der Waals surface area contributed by atoms with E-state index in [4.69, 9.17) is 16.3 Å². The van der Waals surface area contributed by atoms with Crippen molar-refractivity contribution < 1.29 is 14.3 Å². The summed E-state index contributed by atoms with van der Waals surface area (Å²) in [5.41, 5.74) is 1.59. The summed E-state index contributed by atoms with van der Waals surface area (Å²) in [5.74, 6) is -0.386. The Labute approximate surface area is 192 Å². The molecule has 2 aromatic carbocycles. The fourth-order valence-electron chi connectivity index (χ4n) is 4.13. The molecular formula is C24H25ClN4O3. The quantitative estimate of drug-likeness (QED) is 0.537. The lowest BCUT2D eigenvalue weighted by Crippen LogP contribution is -2.52. The number of ether oxygens (including phenoxy) is 1. The van der Waals surface area contributed by atoms with Gasteiger partial charge in [0.15, 0.2) is 6.04 Å². The first kappa shape index (κ1) is 22.0. The number of amides is 1. The Balaban J connectivity index is 1.52. The summed E-state index contributed by atoms with van der Waals surface area (Å²) in [4.78, 5) is 30.0. The van der Waals surface area contributed by atoms with Gasteiger partial charge in [-0.15, -0.1) is 0 Å². The second kappa shape index (κ2) is 9.97. The van der Waals surface area contributed by atoms with Crippen LogP contribution in [0.5, 0.6) is 0 Å². The molecule has 1 aromatic heterocycles. The third-order valence-electron chi connectivity index (χ3n) is 5.75. The number of carbonyl (C=O) groups excluding carboxylic acids is 2. The Morgan fingerprint density at radius 3 is 2.25 bits per heavy atom. The molecule has 3 aromatic rings. The SMILES string of the molecule is COC(=O)C(c1ccccc1Cl)N1CCN(C(=O)C(c2ccccc2)n2cccn2)CC1. The van der Waals surface area contributed by atoms with E-state index in [-0.39, 0.29) is 11.9 Å². The van der Waals surface area contributed by atoms with Crippen LogP contribution in [0.15, 0.2) is 73.1 Å². The first-order valence-electron chi connectivity index (χ1n) is 10.5. The number of nitrogens with zero attached hydrogens (tertiary/aromatic N) is 4. The molecule has 2 heterocycles. The van der Waals surface area contributed by atoms with E-state index >= 15 is 0 Å². The van der Waals surface area contributed by atoms with Gasteiger partial charge in [0.2, 0.25) is 0 Å². The Morgan fingerprint density at radius 1 is 0.938 bits per heavy atom. The molecule has 8 heteroatoms. The van der Waals surface area contributed by atoms with Crippen LogP contribution in [0, 0.1) is 0 Å². The smallest absolute Gasteiger partial charge is 0.327 e. The predicted octanol–water partition coefficient (Wildman–Crippen LogP) is 3.18. The van der Waals surface area contributed by atoms with Crippen LogP contribution in [0.4, 0.5) is 0 Å². The molecule has 1 saturated heterocycles. The number of halogens is 1. The van der Waals surface area contributed by atoms with Gasteiger partial charge in [-0.2, -0.15) is 5.10 Å².